The van der Waals surface area contributed by atoms with E-state index in [-0.39, 0.29) is 11.6 Å². The fourth-order valence-corrected chi connectivity index (χ4v) is 1.79. The summed E-state index contributed by atoms with van der Waals surface area (Å²) in [5.74, 6) is -0.0504. The third-order valence-corrected chi connectivity index (χ3v) is 2.47. The molecule has 1 heterocycles. The molecular formula is C10H7BrF2N2O2. The Balaban J connectivity index is 2.50. The van der Waals surface area contributed by atoms with Gasteiger partial charge in [0.25, 0.3) is 6.43 Å². The van der Waals surface area contributed by atoms with Crippen LogP contribution in [0.2, 0.25) is 0 Å². The van der Waals surface area contributed by atoms with Gasteiger partial charge in [-0.25, -0.2) is 18.7 Å². The van der Waals surface area contributed by atoms with E-state index in [4.69, 9.17) is 4.74 Å². The number of nitrogens with zero attached hydrogens (tertiary/aromatic N) is 2. The van der Waals surface area contributed by atoms with Crippen LogP contribution in [0.3, 0.4) is 0 Å². The van der Waals surface area contributed by atoms with Crippen LogP contribution < -0.4 is 4.74 Å². The van der Waals surface area contributed by atoms with Gasteiger partial charge in [0.2, 0.25) is 5.88 Å². The lowest BCUT2D eigenvalue weighted by molar-refractivity contribution is 0.0825. The van der Waals surface area contributed by atoms with Crippen molar-refractivity contribution in [1.29, 1.82) is 0 Å². The highest BCUT2D eigenvalue weighted by Gasteiger charge is 2.12. The average Bonchev–Trinajstić information content (AvgIpc) is 2.27. The quantitative estimate of drug-likeness (QED) is 0.947. The Morgan fingerprint density at radius 3 is 2.82 bits per heavy atom. The molecule has 0 saturated heterocycles. The van der Waals surface area contributed by atoms with Crippen LogP contribution in [-0.4, -0.2) is 28.1 Å². The van der Waals surface area contributed by atoms with Crippen LogP contribution in [-0.2, 0) is 0 Å². The van der Waals surface area contributed by atoms with Gasteiger partial charge in [-0.3, -0.25) is 0 Å². The van der Waals surface area contributed by atoms with E-state index in [2.05, 4.69) is 25.9 Å². The average molecular weight is 305 g/mol. The van der Waals surface area contributed by atoms with E-state index in [9.17, 15) is 13.9 Å². The number of halogens is 3. The minimum Gasteiger partial charge on any atom is -0.493 e. The molecule has 0 atom stereocenters. The van der Waals surface area contributed by atoms with Crippen molar-refractivity contribution in [3.8, 4) is 11.6 Å². The summed E-state index contributed by atoms with van der Waals surface area (Å²) >= 11 is 3.19. The second kappa shape index (κ2) is 4.79. The zero-order valence-electron chi connectivity index (χ0n) is 8.40. The Morgan fingerprint density at radius 2 is 2.12 bits per heavy atom. The van der Waals surface area contributed by atoms with E-state index in [0.29, 0.717) is 15.4 Å². The molecule has 4 nitrogen and oxygen atoms in total. The van der Waals surface area contributed by atoms with Crippen LogP contribution in [0.15, 0.2) is 22.9 Å². The molecule has 0 aliphatic rings. The first-order chi connectivity index (χ1) is 8.08. The second-order valence-electron chi connectivity index (χ2n) is 3.20. The first-order valence-corrected chi connectivity index (χ1v) is 5.41. The summed E-state index contributed by atoms with van der Waals surface area (Å²) in [5, 5.41) is 9.86. The zero-order chi connectivity index (χ0) is 12.4. The van der Waals surface area contributed by atoms with E-state index >= 15 is 0 Å². The van der Waals surface area contributed by atoms with Gasteiger partial charge in [0.1, 0.15) is 24.2 Å². The van der Waals surface area contributed by atoms with Gasteiger partial charge in [-0.05, 0) is 12.1 Å². The van der Waals surface area contributed by atoms with Crippen LogP contribution in [0.25, 0.3) is 10.9 Å². The van der Waals surface area contributed by atoms with E-state index in [1.54, 1.807) is 6.07 Å². The van der Waals surface area contributed by atoms with Crippen LogP contribution in [0.1, 0.15) is 0 Å². The number of rotatable bonds is 3. The summed E-state index contributed by atoms with van der Waals surface area (Å²) in [7, 11) is 0. The van der Waals surface area contributed by atoms with E-state index < -0.39 is 13.0 Å². The summed E-state index contributed by atoms with van der Waals surface area (Å²) in [4.78, 5) is 7.50. The van der Waals surface area contributed by atoms with Gasteiger partial charge in [0.05, 0.1) is 5.39 Å². The van der Waals surface area contributed by atoms with Crippen molar-refractivity contribution in [3.63, 3.8) is 0 Å². The van der Waals surface area contributed by atoms with Crippen LogP contribution in [0.5, 0.6) is 11.6 Å². The number of aromatic hydroxyl groups is 1. The van der Waals surface area contributed by atoms with Crippen molar-refractivity contribution in [2.75, 3.05) is 6.61 Å². The summed E-state index contributed by atoms with van der Waals surface area (Å²) in [6.45, 7) is -0.726. The van der Waals surface area contributed by atoms with Gasteiger partial charge in [0.15, 0.2) is 0 Å². The van der Waals surface area contributed by atoms with Gasteiger partial charge in [0, 0.05) is 4.47 Å². The van der Waals surface area contributed by atoms with Crippen LogP contribution >= 0.6 is 15.9 Å². The lowest BCUT2D eigenvalue weighted by Gasteiger charge is -2.09. The predicted molar refractivity (Wildman–Crippen MR) is 60.4 cm³/mol. The van der Waals surface area contributed by atoms with Gasteiger partial charge < -0.3 is 9.84 Å². The van der Waals surface area contributed by atoms with Crippen LogP contribution in [0.4, 0.5) is 8.78 Å². The molecule has 0 bridgehead atoms. The zero-order valence-corrected chi connectivity index (χ0v) is 9.99. The highest BCUT2D eigenvalue weighted by Crippen LogP contribution is 2.32. The molecule has 0 radical (unpaired) electrons. The molecule has 1 N–H and O–H groups in total. The number of aromatic nitrogens is 2. The summed E-state index contributed by atoms with van der Waals surface area (Å²) in [6.07, 6.45) is -1.43. The Labute approximate surface area is 103 Å². The summed E-state index contributed by atoms with van der Waals surface area (Å²) in [5.41, 5.74) is 0.293. The SMILES string of the molecule is Oc1ncnc2c(OCC(F)F)cc(Br)cc12. The fraction of sp³-hybridized carbons (Fsp3) is 0.200. The molecule has 0 unspecified atom stereocenters. The van der Waals surface area contributed by atoms with Crippen molar-refractivity contribution in [2.45, 2.75) is 6.43 Å². The highest BCUT2D eigenvalue weighted by molar-refractivity contribution is 9.10. The third-order valence-electron chi connectivity index (χ3n) is 2.01. The molecule has 0 amide bonds. The number of hydrogen-bond donors (Lipinski definition) is 1. The molecule has 90 valence electrons. The maximum Gasteiger partial charge on any atom is 0.272 e. The Hall–Kier alpha value is -1.50. The molecule has 0 spiro atoms. The molecule has 1 aromatic carbocycles. The van der Waals surface area contributed by atoms with Crippen molar-refractivity contribution < 1.29 is 18.6 Å². The van der Waals surface area contributed by atoms with Crippen molar-refractivity contribution >= 4 is 26.8 Å². The van der Waals surface area contributed by atoms with Gasteiger partial charge in [-0.15, -0.1) is 0 Å². The number of benzene rings is 1. The van der Waals surface area contributed by atoms with Crippen molar-refractivity contribution in [1.82, 2.24) is 9.97 Å². The molecule has 7 heteroatoms. The van der Waals surface area contributed by atoms with E-state index in [1.807, 2.05) is 0 Å². The second-order valence-corrected chi connectivity index (χ2v) is 4.12. The summed E-state index contributed by atoms with van der Waals surface area (Å²) < 4.78 is 29.7. The molecule has 0 saturated carbocycles. The Morgan fingerprint density at radius 1 is 1.35 bits per heavy atom. The van der Waals surface area contributed by atoms with Crippen LogP contribution in [0, 0.1) is 0 Å². The molecule has 17 heavy (non-hydrogen) atoms. The molecule has 2 rings (SSSR count). The lowest BCUT2D eigenvalue weighted by Crippen LogP contribution is -2.07. The first-order valence-electron chi connectivity index (χ1n) is 4.62. The molecule has 1 aromatic heterocycles. The maximum atomic E-state index is 12.1. The topological polar surface area (TPSA) is 55.2 Å². The standard InChI is InChI=1S/C10H7BrF2N2O2/c11-5-1-6-9(14-4-15-10(6)16)7(2-5)17-3-8(12)13/h1-2,4,8H,3H2,(H,14,15,16). The summed E-state index contributed by atoms with van der Waals surface area (Å²) in [6, 6.07) is 3.09. The smallest absolute Gasteiger partial charge is 0.272 e. The van der Waals surface area contributed by atoms with Gasteiger partial charge in [-0.2, -0.15) is 0 Å². The monoisotopic (exact) mass is 304 g/mol. The maximum absolute atomic E-state index is 12.1. The molecular weight excluding hydrogens is 298 g/mol. The van der Waals surface area contributed by atoms with Gasteiger partial charge in [-0.1, -0.05) is 15.9 Å². The third kappa shape index (κ3) is 2.60. The first kappa shape index (κ1) is 12.0. The number of alkyl halides is 2. The van der Waals surface area contributed by atoms with Gasteiger partial charge >= 0.3 is 0 Å². The number of hydrogen-bond acceptors (Lipinski definition) is 4. The minimum atomic E-state index is -2.57. The minimum absolute atomic E-state index is 0.173. The highest BCUT2D eigenvalue weighted by atomic mass is 79.9. The lowest BCUT2D eigenvalue weighted by atomic mass is 10.2. The van der Waals surface area contributed by atoms with E-state index in [1.165, 1.54) is 6.07 Å². The van der Waals surface area contributed by atoms with Crippen molar-refractivity contribution in [3.05, 3.63) is 22.9 Å². The largest absolute Gasteiger partial charge is 0.493 e. The molecule has 0 fully saturated rings. The molecule has 0 aliphatic carbocycles. The molecule has 2 aromatic rings. The normalized spacial score (nSPS) is 11.1. The number of ether oxygens (including phenoxy) is 1. The fourth-order valence-electron chi connectivity index (χ4n) is 1.35. The number of fused-ring (bicyclic) bond motifs is 1. The molecule has 0 aliphatic heterocycles. The predicted octanol–water partition coefficient (Wildman–Crippen LogP) is 2.74. The Bertz CT molecular complexity index is 551. The van der Waals surface area contributed by atoms with Crippen molar-refractivity contribution in [2.24, 2.45) is 0 Å². The van der Waals surface area contributed by atoms with E-state index in [0.717, 1.165) is 6.33 Å². The Kier molecular flexibility index (Phi) is 3.37.